The number of likely N-dealkylation sites (tertiary alicyclic amines) is 1. The first kappa shape index (κ1) is 20.7. The van der Waals surface area contributed by atoms with Crippen molar-refractivity contribution in [3.05, 3.63) is 78.4 Å². The van der Waals surface area contributed by atoms with Gasteiger partial charge in [-0.3, -0.25) is 9.59 Å². The van der Waals surface area contributed by atoms with Crippen molar-refractivity contribution in [2.75, 3.05) is 6.54 Å². The molecule has 2 atom stereocenters. The van der Waals surface area contributed by atoms with Crippen LogP contribution >= 0.6 is 0 Å². The van der Waals surface area contributed by atoms with Crippen LogP contribution in [0.3, 0.4) is 0 Å². The number of hydrogen-bond acceptors (Lipinski definition) is 5. The quantitative estimate of drug-likeness (QED) is 0.604. The summed E-state index contributed by atoms with van der Waals surface area (Å²) < 4.78 is 1.66. The molecule has 8 heteroatoms. The van der Waals surface area contributed by atoms with Crippen LogP contribution in [0.2, 0.25) is 0 Å². The number of carbonyl (C=O) groups is 2. The largest absolute Gasteiger partial charge is 0.350 e. The average Bonchev–Trinajstić information content (AvgIpc) is 3.50. The summed E-state index contributed by atoms with van der Waals surface area (Å²) in [5.41, 5.74) is 8.97. The number of nitrogens with two attached hydrogens (primary N) is 1. The lowest BCUT2D eigenvalue weighted by atomic mass is 10.1. The fourth-order valence-electron chi connectivity index (χ4n) is 3.99. The van der Waals surface area contributed by atoms with Crippen LogP contribution in [0, 0.1) is 0 Å². The minimum atomic E-state index is -0.663. The number of carbonyl (C=O) groups excluding carboxylic acids is 2. The van der Waals surface area contributed by atoms with Crippen molar-refractivity contribution in [1.29, 1.82) is 0 Å². The maximum atomic E-state index is 13.0. The molecule has 1 aromatic heterocycles. The molecular formula is C23H26N6O2. The highest BCUT2D eigenvalue weighted by Gasteiger charge is 2.36. The summed E-state index contributed by atoms with van der Waals surface area (Å²) in [5.74, 6) is -0.337. The molecule has 0 spiro atoms. The van der Waals surface area contributed by atoms with E-state index in [9.17, 15) is 9.59 Å². The summed E-state index contributed by atoms with van der Waals surface area (Å²) in [4.78, 5) is 31.5. The van der Waals surface area contributed by atoms with E-state index in [4.69, 9.17) is 5.73 Å². The Kier molecular flexibility index (Phi) is 6.37. The van der Waals surface area contributed by atoms with Gasteiger partial charge in [-0.2, -0.15) is 5.10 Å². The molecule has 0 aliphatic carbocycles. The van der Waals surface area contributed by atoms with Crippen LogP contribution in [0.25, 0.3) is 5.69 Å². The lowest BCUT2D eigenvalue weighted by Gasteiger charge is -2.27. The van der Waals surface area contributed by atoms with Crippen LogP contribution < -0.4 is 11.1 Å². The molecule has 160 valence electrons. The van der Waals surface area contributed by atoms with Crippen LogP contribution in [0.4, 0.5) is 0 Å². The summed E-state index contributed by atoms with van der Waals surface area (Å²) in [6, 6.07) is 16.2. The third-order valence-electron chi connectivity index (χ3n) is 5.56. The van der Waals surface area contributed by atoms with E-state index in [0.717, 1.165) is 23.2 Å². The predicted molar refractivity (Wildman–Crippen MR) is 116 cm³/mol. The highest BCUT2D eigenvalue weighted by molar-refractivity contribution is 5.90. The molecule has 0 bridgehead atoms. The lowest BCUT2D eigenvalue weighted by Crippen LogP contribution is -2.51. The molecule has 0 saturated carbocycles. The molecule has 1 aliphatic heterocycles. The fourth-order valence-corrected chi connectivity index (χ4v) is 3.99. The van der Waals surface area contributed by atoms with Gasteiger partial charge >= 0.3 is 0 Å². The van der Waals surface area contributed by atoms with E-state index >= 15 is 0 Å². The molecule has 1 fully saturated rings. The molecule has 1 saturated heterocycles. The van der Waals surface area contributed by atoms with E-state index in [0.29, 0.717) is 25.9 Å². The number of aromatic nitrogens is 3. The third kappa shape index (κ3) is 4.80. The third-order valence-corrected chi connectivity index (χ3v) is 5.56. The first-order valence-electron chi connectivity index (χ1n) is 10.4. The second-order valence-corrected chi connectivity index (χ2v) is 7.67. The number of nitrogens with zero attached hydrogens (tertiary/aromatic N) is 4. The smallest absolute Gasteiger partial charge is 0.243 e. The van der Waals surface area contributed by atoms with Crippen molar-refractivity contribution in [3.8, 4) is 5.69 Å². The summed E-state index contributed by atoms with van der Waals surface area (Å²) in [6.07, 6.45) is 4.97. The Bertz CT molecular complexity index is 1020. The highest BCUT2D eigenvalue weighted by atomic mass is 16.2. The van der Waals surface area contributed by atoms with Gasteiger partial charge in [-0.05, 0) is 36.5 Å². The van der Waals surface area contributed by atoms with Crippen LogP contribution in [-0.2, 0) is 22.6 Å². The second kappa shape index (κ2) is 9.53. The van der Waals surface area contributed by atoms with Gasteiger partial charge in [-0.25, -0.2) is 9.67 Å². The summed E-state index contributed by atoms with van der Waals surface area (Å²) >= 11 is 0. The van der Waals surface area contributed by atoms with E-state index in [-0.39, 0.29) is 11.8 Å². The van der Waals surface area contributed by atoms with Gasteiger partial charge in [0.05, 0.1) is 11.7 Å². The van der Waals surface area contributed by atoms with E-state index in [1.54, 1.807) is 15.9 Å². The van der Waals surface area contributed by atoms with Gasteiger partial charge in [0.2, 0.25) is 11.8 Å². The van der Waals surface area contributed by atoms with Gasteiger partial charge < -0.3 is 16.0 Å². The fraction of sp³-hybridized carbons (Fsp3) is 0.304. The SMILES string of the molecule is N[C@H](Cc1ccccc1)C(=O)N1CCC[C@H]1C(=O)NCc1ccccc1-n1cncn1. The summed E-state index contributed by atoms with van der Waals surface area (Å²) in [5, 5.41) is 7.15. The number of amides is 2. The van der Waals surface area contributed by atoms with Gasteiger partial charge in [0.15, 0.2) is 0 Å². The summed E-state index contributed by atoms with van der Waals surface area (Å²) in [7, 11) is 0. The Morgan fingerprint density at radius 1 is 1.13 bits per heavy atom. The lowest BCUT2D eigenvalue weighted by molar-refractivity contribution is -0.139. The van der Waals surface area contributed by atoms with Crippen molar-refractivity contribution in [2.45, 2.75) is 37.9 Å². The predicted octanol–water partition coefficient (Wildman–Crippen LogP) is 1.44. The number of para-hydroxylation sites is 1. The minimum Gasteiger partial charge on any atom is -0.350 e. The minimum absolute atomic E-state index is 0.161. The van der Waals surface area contributed by atoms with Crippen molar-refractivity contribution in [3.63, 3.8) is 0 Å². The topological polar surface area (TPSA) is 106 Å². The highest BCUT2D eigenvalue weighted by Crippen LogP contribution is 2.20. The molecule has 4 rings (SSSR count). The normalized spacial score (nSPS) is 16.8. The Labute approximate surface area is 181 Å². The van der Waals surface area contributed by atoms with Gasteiger partial charge in [0.25, 0.3) is 0 Å². The molecule has 0 radical (unpaired) electrons. The van der Waals surface area contributed by atoms with Crippen LogP contribution in [0.15, 0.2) is 67.3 Å². The van der Waals surface area contributed by atoms with Crippen molar-refractivity contribution < 1.29 is 9.59 Å². The van der Waals surface area contributed by atoms with Crippen molar-refractivity contribution in [1.82, 2.24) is 25.0 Å². The number of benzene rings is 2. The molecule has 31 heavy (non-hydrogen) atoms. The van der Waals surface area contributed by atoms with Crippen LogP contribution in [0.5, 0.6) is 0 Å². The number of hydrogen-bond donors (Lipinski definition) is 2. The summed E-state index contributed by atoms with van der Waals surface area (Å²) in [6.45, 7) is 0.887. The van der Waals surface area contributed by atoms with E-state index in [1.165, 1.54) is 6.33 Å². The van der Waals surface area contributed by atoms with Crippen LogP contribution in [0.1, 0.15) is 24.0 Å². The molecule has 0 unspecified atom stereocenters. The standard InChI is InChI=1S/C23H26N6O2/c24-19(13-17-7-2-1-3-8-17)23(31)28-12-6-11-21(28)22(30)26-14-18-9-4-5-10-20(18)29-16-25-15-27-29/h1-5,7-10,15-16,19,21H,6,11-14,24H2,(H,26,30)/t19-,21+/m1/s1. The van der Waals surface area contributed by atoms with Crippen molar-refractivity contribution >= 4 is 11.8 Å². The zero-order valence-corrected chi connectivity index (χ0v) is 17.2. The molecule has 3 aromatic rings. The van der Waals surface area contributed by atoms with E-state index in [1.807, 2.05) is 54.6 Å². The molecule has 8 nitrogen and oxygen atoms in total. The Hall–Kier alpha value is -3.52. The Morgan fingerprint density at radius 3 is 2.68 bits per heavy atom. The van der Waals surface area contributed by atoms with E-state index < -0.39 is 12.1 Å². The molecule has 2 heterocycles. The molecule has 2 aromatic carbocycles. The van der Waals surface area contributed by atoms with Crippen LogP contribution in [-0.4, -0.2) is 50.1 Å². The van der Waals surface area contributed by atoms with Gasteiger partial charge in [0, 0.05) is 13.1 Å². The zero-order chi connectivity index (χ0) is 21.6. The first-order chi connectivity index (χ1) is 15.1. The second-order valence-electron chi connectivity index (χ2n) is 7.67. The monoisotopic (exact) mass is 418 g/mol. The Balaban J connectivity index is 1.39. The first-order valence-corrected chi connectivity index (χ1v) is 10.4. The maximum Gasteiger partial charge on any atom is 0.243 e. The number of nitrogens with one attached hydrogen (secondary N) is 1. The zero-order valence-electron chi connectivity index (χ0n) is 17.2. The van der Waals surface area contributed by atoms with E-state index in [2.05, 4.69) is 15.4 Å². The van der Waals surface area contributed by atoms with Crippen molar-refractivity contribution in [2.24, 2.45) is 5.73 Å². The average molecular weight is 419 g/mol. The van der Waals surface area contributed by atoms with Gasteiger partial charge in [-0.15, -0.1) is 0 Å². The maximum absolute atomic E-state index is 13.0. The number of rotatable bonds is 7. The molecule has 2 amide bonds. The molecule has 3 N–H and O–H groups in total. The Morgan fingerprint density at radius 2 is 1.90 bits per heavy atom. The van der Waals surface area contributed by atoms with Gasteiger partial charge in [-0.1, -0.05) is 48.5 Å². The molecular weight excluding hydrogens is 392 g/mol. The van der Waals surface area contributed by atoms with Gasteiger partial charge in [0.1, 0.15) is 18.7 Å². The molecule has 1 aliphatic rings.